The number of rotatable bonds is 32. The smallest absolute Gasteiger partial charge is 0.245 e. The molecular formula is C48H85N15O12. The van der Waals surface area contributed by atoms with Crippen LogP contribution in [0.2, 0.25) is 0 Å². The molecule has 424 valence electrons. The van der Waals surface area contributed by atoms with E-state index in [0.717, 1.165) is 13.0 Å². The molecule has 0 aromatic carbocycles. The van der Waals surface area contributed by atoms with Gasteiger partial charge in [0.2, 0.25) is 65.0 Å². The van der Waals surface area contributed by atoms with Crippen molar-refractivity contribution in [2.75, 3.05) is 33.2 Å². The Balaban J connectivity index is 2.31. The topological polar surface area (TPSA) is 427 Å². The summed E-state index contributed by atoms with van der Waals surface area (Å²) in [6.45, 7) is 11.8. The molecule has 27 nitrogen and oxygen atoms in total. The van der Waals surface area contributed by atoms with Crippen molar-refractivity contribution in [3.8, 4) is 0 Å². The molecule has 2 fully saturated rings. The first kappa shape index (κ1) is 64.5. The van der Waals surface area contributed by atoms with Gasteiger partial charge >= 0.3 is 0 Å². The fraction of sp³-hybridized carbons (Fsp3) is 0.750. The van der Waals surface area contributed by atoms with Crippen LogP contribution in [-0.2, 0) is 52.7 Å². The van der Waals surface area contributed by atoms with E-state index in [2.05, 4.69) is 47.5 Å². The molecule has 0 spiro atoms. The second-order valence-electron chi connectivity index (χ2n) is 19.6. The van der Waals surface area contributed by atoms with Crippen LogP contribution in [0.5, 0.6) is 0 Å². The molecule has 0 bridgehead atoms. The number of hydrogen-bond acceptors (Lipinski definition) is 14. The number of aliphatic hydroxyl groups excluding tert-OH is 1. The van der Waals surface area contributed by atoms with Gasteiger partial charge < -0.3 is 75.5 Å². The number of amides is 11. The summed E-state index contributed by atoms with van der Waals surface area (Å²) in [5, 5.41) is 31.6. The molecule has 12 atom stereocenters. The van der Waals surface area contributed by atoms with Gasteiger partial charge in [0.15, 0.2) is 5.96 Å². The van der Waals surface area contributed by atoms with Crippen molar-refractivity contribution in [3.63, 3.8) is 0 Å². The van der Waals surface area contributed by atoms with Crippen LogP contribution in [0.4, 0.5) is 0 Å². The van der Waals surface area contributed by atoms with Gasteiger partial charge in [-0.25, -0.2) is 0 Å². The maximum Gasteiger partial charge on any atom is 0.245 e. The lowest BCUT2D eigenvalue weighted by atomic mass is 9.96. The van der Waals surface area contributed by atoms with Gasteiger partial charge in [-0.1, -0.05) is 53.9 Å². The van der Waals surface area contributed by atoms with Crippen LogP contribution in [0.25, 0.3) is 0 Å². The third kappa shape index (κ3) is 20.9. The van der Waals surface area contributed by atoms with Crippen molar-refractivity contribution in [1.82, 2.24) is 52.3 Å². The normalized spacial score (nSPS) is 19.4. The largest absolute Gasteiger partial charge is 0.391 e. The number of aliphatic imine (C=N–C) groups is 1. The van der Waals surface area contributed by atoms with Gasteiger partial charge in [0.25, 0.3) is 0 Å². The molecule has 2 saturated heterocycles. The molecule has 0 aromatic heterocycles. The van der Waals surface area contributed by atoms with Crippen LogP contribution in [0, 0.1) is 11.8 Å². The predicted molar refractivity (Wildman–Crippen MR) is 276 cm³/mol. The zero-order chi connectivity index (χ0) is 56.7. The molecule has 0 radical (unpaired) electrons. The maximum atomic E-state index is 14.2. The summed E-state index contributed by atoms with van der Waals surface area (Å²) in [6.07, 6.45) is 1.39. The summed E-state index contributed by atoms with van der Waals surface area (Å²) in [4.78, 5) is 154. The van der Waals surface area contributed by atoms with Crippen LogP contribution < -0.4 is 65.5 Å². The SMILES string of the molecule is CCC[C@H](NC(=O)[C@@H](NC(=O)[C@H](NC(=O)[C@H](CCC(N)=O)NC(=O)CNC(=O)[C@@H]1CCCN1C)[C@H](C)CC)[C@@H](C)O)C(=O)N[C@H](C(=O)N[C@@H](CCCN=C(N)N)C(=O)N1CCC[C@H]1C(=O)N[C@H](C)C(N)=O)[C@@H](C)CC. The number of guanidine groups is 1. The Morgan fingerprint density at radius 1 is 0.613 bits per heavy atom. The first-order chi connectivity index (χ1) is 35.3. The van der Waals surface area contributed by atoms with E-state index in [1.165, 1.54) is 18.7 Å². The van der Waals surface area contributed by atoms with E-state index in [-0.39, 0.29) is 63.5 Å². The average Bonchev–Trinajstić information content (AvgIpc) is 4.03. The van der Waals surface area contributed by atoms with E-state index < -0.39 is 138 Å². The molecule has 2 aliphatic rings. The molecule has 0 aliphatic carbocycles. The summed E-state index contributed by atoms with van der Waals surface area (Å²) in [7, 11) is 1.79. The monoisotopic (exact) mass is 1060 g/mol. The summed E-state index contributed by atoms with van der Waals surface area (Å²) >= 11 is 0. The van der Waals surface area contributed by atoms with Crippen LogP contribution >= 0.6 is 0 Å². The fourth-order valence-corrected chi connectivity index (χ4v) is 8.61. The number of primary amides is 2. The van der Waals surface area contributed by atoms with Crippen molar-refractivity contribution in [2.45, 2.75) is 186 Å². The average molecular weight is 1060 g/mol. The minimum Gasteiger partial charge on any atom is -0.391 e. The Hall–Kier alpha value is -6.64. The molecule has 2 rings (SSSR count). The molecule has 0 saturated carbocycles. The third-order valence-electron chi connectivity index (χ3n) is 13.6. The summed E-state index contributed by atoms with van der Waals surface area (Å²) in [5.74, 6) is -9.43. The first-order valence-corrected chi connectivity index (χ1v) is 26.0. The zero-order valence-electron chi connectivity index (χ0n) is 44.8. The summed E-state index contributed by atoms with van der Waals surface area (Å²) in [6, 6.07) is -10.6. The van der Waals surface area contributed by atoms with Crippen molar-refractivity contribution in [1.29, 1.82) is 0 Å². The highest BCUT2D eigenvalue weighted by Crippen LogP contribution is 2.21. The van der Waals surface area contributed by atoms with Crippen LogP contribution in [0.3, 0.4) is 0 Å². The first-order valence-electron chi connectivity index (χ1n) is 26.0. The van der Waals surface area contributed by atoms with E-state index in [1.54, 1.807) is 41.7 Å². The quantitative estimate of drug-likeness (QED) is 0.0172. The van der Waals surface area contributed by atoms with Gasteiger partial charge in [-0.15, -0.1) is 0 Å². The Kier molecular flexibility index (Phi) is 27.5. The molecule has 27 heteroatoms. The van der Waals surface area contributed by atoms with Crippen LogP contribution in [0.1, 0.15) is 126 Å². The lowest BCUT2D eigenvalue weighted by molar-refractivity contribution is -0.142. The molecule has 11 amide bonds. The van der Waals surface area contributed by atoms with Crippen LogP contribution in [0.15, 0.2) is 4.99 Å². The van der Waals surface area contributed by atoms with Gasteiger partial charge in [0, 0.05) is 19.5 Å². The Bertz CT molecular complexity index is 2040. The van der Waals surface area contributed by atoms with E-state index in [0.29, 0.717) is 32.1 Å². The minimum absolute atomic E-state index is 0.0273. The number of nitrogens with one attached hydrogen (secondary N) is 8. The van der Waals surface area contributed by atoms with Gasteiger partial charge in [0.1, 0.15) is 48.3 Å². The number of aliphatic hydroxyl groups is 1. The highest BCUT2D eigenvalue weighted by molar-refractivity contribution is 5.99. The number of hydrogen-bond donors (Lipinski definition) is 13. The molecular weight excluding hydrogens is 979 g/mol. The molecule has 2 heterocycles. The number of carbonyl (C=O) groups excluding carboxylic acids is 11. The zero-order valence-corrected chi connectivity index (χ0v) is 44.8. The van der Waals surface area contributed by atoms with Crippen LogP contribution in [-0.4, -0.2) is 180 Å². The second-order valence-corrected chi connectivity index (χ2v) is 19.6. The number of carbonyl (C=O) groups is 11. The minimum atomic E-state index is -1.68. The highest BCUT2D eigenvalue weighted by Gasteiger charge is 2.41. The number of likely N-dealkylation sites (N-methyl/N-ethyl adjacent to an activating group) is 1. The van der Waals surface area contributed by atoms with Crippen molar-refractivity contribution < 1.29 is 57.8 Å². The van der Waals surface area contributed by atoms with E-state index in [9.17, 15) is 57.8 Å². The number of nitrogens with zero attached hydrogens (tertiary/aromatic N) is 3. The Morgan fingerprint density at radius 2 is 1.13 bits per heavy atom. The van der Waals surface area contributed by atoms with Gasteiger partial charge in [-0.2, -0.15) is 0 Å². The second kappa shape index (κ2) is 31.9. The van der Waals surface area contributed by atoms with E-state index in [1.807, 2.05) is 4.90 Å². The number of likely N-dealkylation sites (tertiary alicyclic amines) is 2. The lowest BCUT2D eigenvalue weighted by Crippen LogP contribution is -2.63. The molecule has 0 aromatic rings. The number of nitrogens with two attached hydrogens (primary N) is 4. The van der Waals surface area contributed by atoms with E-state index >= 15 is 0 Å². The van der Waals surface area contributed by atoms with Crippen molar-refractivity contribution in [3.05, 3.63) is 0 Å². The van der Waals surface area contributed by atoms with Gasteiger partial charge in [0.05, 0.1) is 18.7 Å². The van der Waals surface area contributed by atoms with E-state index in [4.69, 9.17) is 22.9 Å². The van der Waals surface area contributed by atoms with Crippen molar-refractivity contribution in [2.24, 2.45) is 39.8 Å². The molecule has 0 unspecified atom stereocenters. The standard InChI is InChI=1S/C48H85N15O12/c1-9-15-29(40(68)59-36(25(4)10-2)44(72)58-31(16-12-21-53-48(51)52)47(75)63-23-14-18-33(63)43(71)55-27(6)39(50)67)57-46(74)38(28(7)64)61-45(73)37(26(5)11-3)60-41(69)30(19-20-34(49)65)56-35(66)24-54-42(70)32-17-13-22-62(32)8/h25-33,36-38,64H,9-24H2,1-8H3,(H2,49,65)(H2,50,67)(H,54,70)(H,55,71)(H,56,66)(H,57,74)(H,58,72)(H,59,68)(H,60,69)(H,61,73)(H4,51,52,53)/t25-,26+,27+,28+,29-,30-,31-,32-,33-,36-,37+,38-/m0/s1. The molecule has 75 heavy (non-hydrogen) atoms. The summed E-state index contributed by atoms with van der Waals surface area (Å²) in [5.41, 5.74) is 21.7. The van der Waals surface area contributed by atoms with Gasteiger partial charge in [-0.3, -0.25) is 62.6 Å². The lowest BCUT2D eigenvalue weighted by Gasteiger charge is -2.32. The Morgan fingerprint density at radius 3 is 1.64 bits per heavy atom. The predicted octanol–water partition coefficient (Wildman–Crippen LogP) is -4.32. The third-order valence-corrected chi connectivity index (χ3v) is 13.6. The fourth-order valence-electron chi connectivity index (χ4n) is 8.61. The Labute approximate surface area is 439 Å². The van der Waals surface area contributed by atoms with Crippen molar-refractivity contribution >= 4 is 70.9 Å². The van der Waals surface area contributed by atoms with Gasteiger partial charge in [-0.05, 0) is 90.6 Å². The maximum absolute atomic E-state index is 14.2. The molecule has 2 aliphatic heterocycles. The molecule has 17 N–H and O–H groups in total. The highest BCUT2D eigenvalue weighted by atomic mass is 16.3. The summed E-state index contributed by atoms with van der Waals surface area (Å²) < 4.78 is 0.